The number of hydrogen-bond donors (Lipinski definition) is 0. The van der Waals surface area contributed by atoms with Crippen LogP contribution in [0, 0.1) is 11.6 Å². The fourth-order valence-electron chi connectivity index (χ4n) is 2.23. The number of hydrogen-bond acceptors (Lipinski definition) is 3. The number of oxazole rings is 1. The van der Waals surface area contributed by atoms with Crippen molar-refractivity contribution in [3.05, 3.63) is 65.4 Å². The molecule has 0 bridgehead atoms. The van der Waals surface area contributed by atoms with Crippen LogP contribution in [0.1, 0.15) is 0 Å². The zero-order chi connectivity index (χ0) is 16.0. The Morgan fingerprint density at radius 2 is 1.91 bits per heavy atom. The van der Waals surface area contributed by atoms with Gasteiger partial charge in [-0.2, -0.15) is 5.10 Å². The lowest BCUT2D eigenvalue weighted by molar-refractivity contribution is 0.507. The van der Waals surface area contributed by atoms with E-state index in [1.54, 1.807) is 24.4 Å². The van der Waals surface area contributed by atoms with Crippen molar-refractivity contribution in [2.75, 3.05) is 0 Å². The van der Waals surface area contributed by atoms with Crippen molar-refractivity contribution in [1.29, 1.82) is 0 Å². The van der Waals surface area contributed by atoms with Crippen LogP contribution in [0.4, 0.5) is 8.78 Å². The molecule has 0 radical (unpaired) electrons. The van der Waals surface area contributed by atoms with Crippen LogP contribution in [0.15, 0.2) is 53.2 Å². The van der Waals surface area contributed by atoms with Crippen LogP contribution in [0.3, 0.4) is 0 Å². The average Bonchev–Trinajstić information content (AvgIpc) is 3.15. The van der Waals surface area contributed by atoms with E-state index in [-0.39, 0.29) is 0 Å². The first-order chi connectivity index (χ1) is 11.1. The first-order valence-electron chi connectivity index (χ1n) is 6.67. The highest BCUT2D eigenvalue weighted by Crippen LogP contribution is 2.26. The van der Waals surface area contributed by atoms with E-state index in [0.29, 0.717) is 33.3 Å². The molecule has 0 atom stereocenters. The number of halogens is 3. The molecule has 4 aromatic rings. The maximum Gasteiger partial charge on any atom is 0.230 e. The van der Waals surface area contributed by atoms with Crippen LogP contribution in [-0.4, -0.2) is 14.8 Å². The zero-order valence-electron chi connectivity index (χ0n) is 11.5. The van der Waals surface area contributed by atoms with Crippen molar-refractivity contribution in [2.45, 2.75) is 0 Å². The SMILES string of the molecule is Fc1ccc(-n2cc(-c3nc4cc(Cl)ccc4o3)cn2)cc1F. The lowest BCUT2D eigenvalue weighted by atomic mass is 10.3. The summed E-state index contributed by atoms with van der Waals surface area (Å²) >= 11 is 5.92. The molecule has 0 N–H and O–H groups in total. The van der Waals surface area contributed by atoms with Gasteiger partial charge >= 0.3 is 0 Å². The normalized spacial score (nSPS) is 11.3. The molecule has 0 aliphatic carbocycles. The molecule has 4 nitrogen and oxygen atoms in total. The van der Waals surface area contributed by atoms with Crippen LogP contribution >= 0.6 is 11.6 Å². The van der Waals surface area contributed by atoms with Gasteiger partial charge in [0.25, 0.3) is 0 Å². The number of benzene rings is 2. The predicted molar refractivity (Wildman–Crippen MR) is 81.5 cm³/mol. The zero-order valence-corrected chi connectivity index (χ0v) is 12.3. The summed E-state index contributed by atoms with van der Waals surface area (Å²) in [5, 5.41) is 4.69. The highest BCUT2D eigenvalue weighted by atomic mass is 35.5. The van der Waals surface area contributed by atoms with Gasteiger partial charge in [-0.05, 0) is 30.3 Å². The Kier molecular flexibility index (Phi) is 3.12. The van der Waals surface area contributed by atoms with E-state index in [2.05, 4.69) is 10.1 Å². The van der Waals surface area contributed by atoms with E-state index >= 15 is 0 Å². The van der Waals surface area contributed by atoms with Gasteiger partial charge < -0.3 is 4.42 Å². The van der Waals surface area contributed by atoms with Gasteiger partial charge in [-0.1, -0.05) is 11.6 Å². The smallest absolute Gasteiger partial charge is 0.230 e. The van der Waals surface area contributed by atoms with Crippen LogP contribution in [0.25, 0.3) is 28.2 Å². The topological polar surface area (TPSA) is 43.9 Å². The Morgan fingerprint density at radius 1 is 1.04 bits per heavy atom. The second kappa shape index (κ2) is 5.17. The summed E-state index contributed by atoms with van der Waals surface area (Å²) < 4.78 is 33.4. The summed E-state index contributed by atoms with van der Waals surface area (Å²) in [6.07, 6.45) is 3.16. The Bertz CT molecular complexity index is 1030. The van der Waals surface area contributed by atoms with Gasteiger partial charge in [-0.3, -0.25) is 0 Å². The summed E-state index contributed by atoms with van der Waals surface area (Å²) in [5.74, 6) is -1.47. The number of fused-ring (bicyclic) bond motifs is 1. The summed E-state index contributed by atoms with van der Waals surface area (Å²) in [7, 11) is 0. The van der Waals surface area contributed by atoms with E-state index in [9.17, 15) is 8.78 Å². The van der Waals surface area contributed by atoms with E-state index in [1.807, 2.05) is 0 Å². The molecule has 4 rings (SSSR count). The minimum absolute atomic E-state index is 0.371. The third kappa shape index (κ3) is 2.47. The van der Waals surface area contributed by atoms with Gasteiger partial charge in [-0.25, -0.2) is 18.4 Å². The summed E-state index contributed by atoms with van der Waals surface area (Å²) in [6, 6.07) is 8.69. The van der Waals surface area contributed by atoms with Crippen LogP contribution < -0.4 is 0 Å². The van der Waals surface area contributed by atoms with E-state index in [0.717, 1.165) is 12.1 Å². The largest absolute Gasteiger partial charge is 0.436 e. The second-order valence-corrected chi connectivity index (χ2v) is 5.34. The van der Waals surface area contributed by atoms with Crippen LogP contribution in [0.2, 0.25) is 5.02 Å². The maximum absolute atomic E-state index is 13.3. The monoisotopic (exact) mass is 331 g/mol. The fourth-order valence-corrected chi connectivity index (χ4v) is 2.39. The fraction of sp³-hybridized carbons (Fsp3) is 0. The molecule has 23 heavy (non-hydrogen) atoms. The van der Waals surface area contributed by atoms with E-state index < -0.39 is 11.6 Å². The van der Waals surface area contributed by atoms with Gasteiger partial charge in [0.1, 0.15) is 5.52 Å². The lowest BCUT2D eigenvalue weighted by Gasteiger charge is -2.01. The number of aromatic nitrogens is 3. The van der Waals surface area contributed by atoms with Crippen molar-refractivity contribution in [3.63, 3.8) is 0 Å². The van der Waals surface area contributed by atoms with Gasteiger partial charge in [-0.15, -0.1) is 0 Å². The van der Waals surface area contributed by atoms with Crippen molar-refractivity contribution in [1.82, 2.24) is 14.8 Å². The third-order valence-corrected chi connectivity index (χ3v) is 3.58. The van der Waals surface area contributed by atoms with E-state index in [4.69, 9.17) is 16.0 Å². The second-order valence-electron chi connectivity index (χ2n) is 4.90. The maximum atomic E-state index is 13.3. The minimum atomic E-state index is -0.934. The van der Waals surface area contributed by atoms with Crippen molar-refractivity contribution in [3.8, 4) is 17.1 Å². The highest BCUT2D eigenvalue weighted by molar-refractivity contribution is 6.31. The molecule has 0 saturated carbocycles. The van der Waals surface area contributed by atoms with Crippen molar-refractivity contribution < 1.29 is 13.2 Å². The Labute approximate surface area is 133 Å². The van der Waals surface area contributed by atoms with Crippen LogP contribution in [0.5, 0.6) is 0 Å². The number of nitrogens with zero attached hydrogens (tertiary/aromatic N) is 3. The Balaban J connectivity index is 1.75. The van der Waals surface area contributed by atoms with E-state index in [1.165, 1.54) is 16.9 Å². The molecule has 0 amide bonds. The Morgan fingerprint density at radius 3 is 2.74 bits per heavy atom. The molecule has 0 unspecified atom stereocenters. The standard InChI is InChI=1S/C16H8ClF2N3O/c17-10-1-4-15-14(5-10)21-16(23-15)9-7-20-22(8-9)11-2-3-12(18)13(19)6-11/h1-8H. The quantitative estimate of drug-likeness (QED) is 0.538. The van der Waals surface area contributed by atoms with Crippen LogP contribution in [-0.2, 0) is 0 Å². The highest BCUT2D eigenvalue weighted by Gasteiger charge is 2.12. The average molecular weight is 332 g/mol. The molecule has 7 heteroatoms. The predicted octanol–water partition coefficient (Wildman–Crippen LogP) is 4.61. The summed E-state index contributed by atoms with van der Waals surface area (Å²) in [6.45, 7) is 0. The summed E-state index contributed by atoms with van der Waals surface area (Å²) in [4.78, 5) is 4.34. The summed E-state index contributed by atoms with van der Waals surface area (Å²) in [5.41, 5.74) is 2.24. The number of rotatable bonds is 2. The molecule has 0 spiro atoms. The van der Waals surface area contributed by atoms with Gasteiger partial charge in [0, 0.05) is 17.3 Å². The molecule has 0 saturated heterocycles. The van der Waals surface area contributed by atoms with Gasteiger partial charge in [0.15, 0.2) is 17.2 Å². The van der Waals surface area contributed by atoms with Crippen molar-refractivity contribution in [2.24, 2.45) is 0 Å². The van der Waals surface area contributed by atoms with Gasteiger partial charge in [0.05, 0.1) is 17.4 Å². The Hall–Kier alpha value is -2.73. The molecular weight excluding hydrogens is 324 g/mol. The molecule has 0 fully saturated rings. The molecule has 2 aromatic carbocycles. The molecule has 0 aliphatic rings. The first kappa shape index (κ1) is 13.9. The van der Waals surface area contributed by atoms with Crippen molar-refractivity contribution >= 4 is 22.7 Å². The molecule has 0 aliphatic heterocycles. The molecule has 2 heterocycles. The first-order valence-corrected chi connectivity index (χ1v) is 7.04. The lowest BCUT2D eigenvalue weighted by Crippen LogP contribution is -1.96. The third-order valence-electron chi connectivity index (χ3n) is 3.35. The minimum Gasteiger partial charge on any atom is -0.436 e. The molecule has 114 valence electrons. The molecule has 2 aromatic heterocycles. The van der Waals surface area contributed by atoms with Gasteiger partial charge in [0.2, 0.25) is 5.89 Å². The molecular formula is C16H8ClF2N3O.